The van der Waals surface area contributed by atoms with E-state index >= 15 is 0 Å². The molecule has 1 aliphatic heterocycles. The van der Waals surface area contributed by atoms with Gasteiger partial charge in [-0.15, -0.1) is 0 Å². The number of H-pyrrole nitrogens is 1. The molecule has 0 radical (unpaired) electrons. The highest BCUT2D eigenvalue weighted by molar-refractivity contribution is 5.71. The van der Waals surface area contributed by atoms with E-state index in [1.807, 2.05) is 22.8 Å². The minimum atomic E-state index is -0.445. The molecule has 5 rings (SSSR count). The van der Waals surface area contributed by atoms with Crippen molar-refractivity contribution in [2.45, 2.75) is 26.6 Å². The van der Waals surface area contributed by atoms with E-state index in [1.165, 1.54) is 10.1 Å². The molecule has 176 valence electrons. The van der Waals surface area contributed by atoms with E-state index in [4.69, 9.17) is 4.98 Å². The summed E-state index contributed by atoms with van der Waals surface area (Å²) in [5.41, 5.74) is 3.66. The second-order valence-electron chi connectivity index (χ2n) is 9.07. The van der Waals surface area contributed by atoms with E-state index in [0.717, 1.165) is 49.7 Å². The topological polar surface area (TPSA) is 79.2 Å². The summed E-state index contributed by atoms with van der Waals surface area (Å²) in [5.74, 6) is 0.807. The van der Waals surface area contributed by atoms with Crippen molar-refractivity contribution < 1.29 is 0 Å². The quantitative estimate of drug-likeness (QED) is 0.479. The Morgan fingerprint density at radius 2 is 1.50 bits per heavy atom. The molecular weight excluding hydrogens is 428 g/mol. The normalized spacial score (nSPS) is 15.2. The fourth-order valence-corrected chi connectivity index (χ4v) is 4.68. The molecule has 8 heteroatoms. The summed E-state index contributed by atoms with van der Waals surface area (Å²) in [6.07, 6.45) is 0. The third-order valence-electron chi connectivity index (χ3n) is 6.75. The number of piperazine rings is 1. The first kappa shape index (κ1) is 22.3. The van der Waals surface area contributed by atoms with E-state index in [2.05, 4.69) is 58.1 Å². The smallest absolute Gasteiger partial charge is 0.317 e. The number of rotatable bonds is 6. The number of hydrogen-bond acceptors (Lipinski definition) is 5. The zero-order valence-corrected chi connectivity index (χ0v) is 19.7. The van der Waals surface area contributed by atoms with Gasteiger partial charge < -0.3 is 4.57 Å². The molecule has 0 spiro atoms. The predicted octanol–water partition coefficient (Wildman–Crippen LogP) is 2.10. The molecule has 2 aromatic carbocycles. The van der Waals surface area contributed by atoms with Gasteiger partial charge in [0.2, 0.25) is 0 Å². The molecule has 2 aromatic heterocycles. The Balaban J connectivity index is 1.41. The lowest BCUT2D eigenvalue weighted by Crippen LogP contribution is -2.45. The van der Waals surface area contributed by atoms with Crippen LogP contribution in [0.5, 0.6) is 0 Å². The molecule has 0 amide bonds. The van der Waals surface area contributed by atoms with Gasteiger partial charge in [0.15, 0.2) is 11.2 Å². The maximum atomic E-state index is 12.8. The minimum Gasteiger partial charge on any atom is -0.317 e. The highest BCUT2D eigenvalue weighted by Gasteiger charge is 2.22. The zero-order chi connectivity index (χ0) is 23.7. The molecule has 4 aromatic rings. The van der Waals surface area contributed by atoms with Crippen molar-refractivity contribution in [3.8, 4) is 0 Å². The van der Waals surface area contributed by atoms with Crippen LogP contribution >= 0.6 is 0 Å². The Kier molecular flexibility index (Phi) is 6.17. The van der Waals surface area contributed by atoms with Crippen molar-refractivity contribution in [3.63, 3.8) is 0 Å². The maximum Gasteiger partial charge on any atom is 0.329 e. The van der Waals surface area contributed by atoms with Crippen LogP contribution in [0.3, 0.4) is 0 Å². The molecule has 1 aliphatic rings. The summed E-state index contributed by atoms with van der Waals surface area (Å²) >= 11 is 0. The van der Waals surface area contributed by atoms with Gasteiger partial charge in [0.25, 0.3) is 5.56 Å². The number of hydrogen-bond donors (Lipinski definition) is 1. The maximum absolute atomic E-state index is 12.8. The van der Waals surface area contributed by atoms with Crippen LogP contribution in [0.25, 0.3) is 11.2 Å². The van der Waals surface area contributed by atoms with Crippen molar-refractivity contribution in [3.05, 3.63) is 98.0 Å². The van der Waals surface area contributed by atoms with Crippen LogP contribution in [0.4, 0.5) is 0 Å². The SMILES string of the molecule is Cc1ccccc1Cn1c(CN2CCN(Cc3ccccc3)CC2)nc2c1c(=O)[nH]c(=O)n2C. The van der Waals surface area contributed by atoms with Gasteiger partial charge in [-0.3, -0.25) is 24.1 Å². The van der Waals surface area contributed by atoms with Gasteiger partial charge in [0.05, 0.1) is 6.54 Å². The number of imidazole rings is 1. The molecule has 1 fully saturated rings. The van der Waals surface area contributed by atoms with Crippen molar-refractivity contribution in [2.75, 3.05) is 26.2 Å². The van der Waals surface area contributed by atoms with Gasteiger partial charge >= 0.3 is 5.69 Å². The number of aryl methyl sites for hydroxylation is 2. The van der Waals surface area contributed by atoms with Gasteiger partial charge in [-0.05, 0) is 23.6 Å². The first-order valence-corrected chi connectivity index (χ1v) is 11.7. The average Bonchev–Trinajstić information content (AvgIpc) is 3.19. The Morgan fingerprint density at radius 3 is 2.21 bits per heavy atom. The average molecular weight is 459 g/mol. The molecule has 3 heterocycles. The molecular formula is C26H30N6O2. The summed E-state index contributed by atoms with van der Waals surface area (Å²) in [6, 6.07) is 18.7. The number of aromatic nitrogens is 4. The summed E-state index contributed by atoms with van der Waals surface area (Å²) in [5, 5.41) is 0. The molecule has 0 bridgehead atoms. The van der Waals surface area contributed by atoms with Crippen LogP contribution < -0.4 is 11.2 Å². The first-order valence-electron chi connectivity index (χ1n) is 11.7. The largest absolute Gasteiger partial charge is 0.329 e. The third kappa shape index (κ3) is 4.47. The minimum absolute atomic E-state index is 0.391. The first-order chi connectivity index (χ1) is 16.5. The Morgan fingerprint density at radius 1 is 0.853 bits per heavy atom. The van der Waals surface area contributed by atoms with Crippen LogP contribution in [-0.2, 0) is 26.7 Å². The molecule has 1 N–H and O–H groups in total. The lowest BCUT2D eigenvalue weighted by molar-refractivity contribution is 0.119. The van der Waals surface area contributed by atoms with Gasteiger partial charge in [0, 0.05) is 46.3 Å². The molecule has 0 unspecified atom stereocenters. The van der Waals surface area contributed by atoms with Crippen LogP contribution in [0.1, 0.15) is 22.5 Å². The lowest BCUT2D eigenvalue weighted by atomic mass is 10.1. The fourth-order valence-electron chi connectivity index (χ4n) is 4.68. The van der Waals surface area contributed by atoms with Crippen LogP contribution in [0.2, 0.25) is 0 Å². The van der Waals surface area contributed by atoms with Crippen molar-refractivity contribution in [1.29, 1.82) is 0 Å². The second-order valence-corrected chi connectivity index (χ2v) is 9.07. The molecule has 0 saturated carbocycles. The zero-order valence-electron chi connectivity index (χ0n) is 19.7. The third-order valence-corrected chi connectivity index (χ3v) is 6.75. The predicted molar refractivity (Wildman–Crippen MR) is 133 cm³/mol. The van der Waals surface area contributed by atoms with E-state index in [9.17, 15) is 9.59 Å². The van der Waals surface area contributed by atoms with E-state index in [-0.39, 0.29) is 0 Å². The van der Waals surface area contributed by atoms with Gasteiger partial charge in [-0.25, -0.2) is 9.78 Å². The number of fused-ring (bicyclic) bond motifs is 1. The lowest BCUT2D eigenvalue weighted by Gasteiger charge is -2.34. The molecule has 1 saturated heterocycles. The van der Waals surface area contributed by atoms with Crippen molar-refractivity contribution in [2.24, 2.45) is 7.05 Å². The van der Waals surface area contributed by atoms with Crippen LogP contribution in [-0.4, -0.2) is 55.1 Å². The molecule has 0 aliphatic carbocycles. The summed E-state index contributed by atoms with van der Waals surface area (Å²) < 4.78 is 3.40. The van der Waals surface area contributed by atoms with Crippen LogP contribution in [0.15, 0.2) is 64.2 Å². The van der Waals surface area contributed by atoms with Gasteiger partial charge in [-0.1, -0.05) is 54.6 Å². The summed E-state index contributed by atoms with van der Waals surface area (Å²) in [4.78, 5) is 37.1. The van der Waals surface area contributed by atoms with Gasteiger partial charge in [-0.2, -0.15) is 0 Å². The Labute approximate surface area is 198 Å². The van der Waals surface area contributed by atoms with E-state index in [1.54, 1.807) is 7.05 Å². The second kappa shape index (κ2) is 9.40. The fraction of sp³-hybridized carbons (Fsp3) is 0.346. The number of benzene rings is 2. The van der Waals surface area contributed by atoms with E-state index in [0.29, 0.717) is 24.3 Å². The summed E-state index contributed by atoms with van der Waals surface area (Å²) in [6.45, 7) is 8.00. The van der Waals surface area contributed by atoms with Gasteiger partial charge in [0.1, 0.15) is 5.82 Å². The Hall–Kier alpha value is -3.49. The van der Waals surface area contributed by atoms with Crippen LogP contribution in [0, 0.1) is 6.92 Å². The number of nitrogens with zero attached hydrogens (tertiary/aromatic N) is 5. The highest BCUT2D eigenvalue weighted by Crippen LogP contribution is 2.18. The molecule has 0 atom stereocenters. The van der Waals surface area contributed by atoms with Crippen molar-refractivity contribution in [1.82, 2.24) is 28.9 Å². The summed E-state index contributed by atoms with van der Waals surface area (Å²) in [7, 11) is 1.65. The number of aromatic amines is 1. The Bertz CT molecular complexity index is 1410. The standard InChI is InChI=1S/C26H30N6O2/c1-19-8-6-7-11-21(19)17-32-22(27-24-23(32)25(33)28-26(34)29(24)2)18-31-14-12-30(13-15-31)16-20-9-4-3-5-10-20/h3-11H,12-18H2,1-2H3,(H,28,33,34). The molecule has 34 heavy (non-hydrogen) atoms. The molecule has 8 nitrogen and oxygen atoms in total. The van der Waals surface area contributed by atoms with E-state index < -0.39 is 11.2 Å². The monoisotopic (exact) mass is 458 g/mol. The van der Waals surface area contributed by atoms with Crippen molar-refractivity contribution >= 4 is 11.2 Å². The highest BCUT2D eigenvalue weighted by atomic mass is 16.2. The number of nitrogens with one attached hydrogen (secondary N) is 1.